The van der Waals surface area contributed by atoms with E-state index in [1.807, 2.05) is 13.8 Å². The number of hydrogen-bond donors (Lipinski definition) is 3. The molecule has 2 aromatic heterocycles. The zero-order valence-electron chi connectivity index (χ0n) is 20.0. The molecule has 2 atom stereocenters. The first-order valence-electron chi connectivity index (χ1n) is 11.1. The Labute approximate surface area is 202 Å². The Bertz CT molecular complexity index is 1200. The summed E-state index contributed by atoms with van der Waals surface area (Å²) in [5.41, 5.74) is 2.46. The molecule has 0 amide bonds. The average molecular weight is 485 g/mol. The quantitative estimate of drug-likeness (QED) is 0.396. The van der Waals surface area contributed by atoms with Gasteiger partial charge in [0.15, 0.2) is 0 Å². The van der Waals surface area contributed by atoms with Gasteiger partial charge in [-0.3, -0.25) is 9.69 Å². The van der Waals surface area contributed by atoms with Crippen molar-refractivity contribution in [2.45, 2.75) is 44.8 Å². The summed E-state index contributed by atoms with van der Waals surface area (Å²) in [5.74, 6) is -0.693. The first-order chi connectivity index (χ1) is 16.6. The number of aryl methyl sites for hydroxylation is 1. The minimum atomic E-state index is -1.19. The molecule has 1 aromatic carbocycles. The molecule has 3 N–H and O–H groups in total. The van der Waals surface area contributed by atoms with Crippen LogP contribution >= 0.6 is 0 Å². The second-order valence-electron chi connectivity index (χ2n) is 8.49. The van der Waals surface area contributed by atoms with Gasteiger partial charge >= 0.3 is 5.97 Å². The van der Waals surface area contributed by atoms with Gasteiger partial charge in [0, 0.05) is 31.6 Å². The Balaban J connectivity index is 2.09. The molecule has 0 bridgehead atoms. The van der Waals surface area contributed by atoms with Crippen molar-refractivity contribution in [3.8, 4) is 11.3 Å². The van der Waals surface area contributed by atoms with Crippen molar-refractivity contribution in [2.24, 2.45) is 7.05 Å². The van der Waals surface area contributed by atoms with E-state index in [1.54, 1.807) is 41.9 Å². The second-order valence-corrected chi connectivity index (χ2v) is 8.49. The fraction of sp³-hybridized carbons (Fsp3) is 0.375. The molecule has 3 aromatic rings. The smallest absolute Gasteiger partial charge is 0.305 e. The van der Waals surface area contributed by atoms with E-state index in [-0.39, 0.29) is 18.2 Å². The summed E-state index contributed by atoms with van der Waals surface area (Å²) in [7, 11) is 3.52. The minimum Gasteiger partial charge on any atom is -0.481 e. The molecule has 0 saturated heterocycles. The normalized spacial score (nSPS) is 13.4. The van der Waals surface area contributed by atoms with E-state index < -0.39 is 24.6 Å². The molecule has 0 saturated carbocycles. The van der Waals surface area contributed by atoms with Crippen molar-refractivity contribution in [3.05, 3.63) is 53.7 Å². The molecule has 11 heteroatoms. The molecule has 186 valence electrons. The average Bonchev–Trinajstić information content (AvgIpc) is 3.22. The third-order valence-corrected chi connectivity index (χ3v) is 5.32. The molecule has 0 aliphatic rings. The van der Waals surface area contributed by atoms with E-state index in [2.05, 4.69) is 10.1 Å². The Morgan fingerprint density at radius 3 is 2.46 bits per heavy atom. The third-order valence-electron chi connectivity index (χ3n) is 5.32. The van der Waals surface area contributed by atoms with Gasteiger partial charge in [0.2, 0.25) is 11.9 Å². The number of aliphatic hydroxyl groups is 2. The van der Waals surface area contributed by atoms with Crippen molar-refractivity contribution in [1.82, 2.24) is 24.7 Å². The predicted molar refractivity (Wildman–Crippen MR) is 128 cm³/mol. The number of anilines is 2. The van der Waals surface area contributed by atoms with Crippen LogP contribution in [-0.4, -0.2) is 65.3 Å². The highest BCUT2D eigenvalue weighted by Crippen LogP contribution is 2.32. The highest BCUT2D eigenvalue weighted by Gasteiger charge is 2.21. The summed E-state index contributed by atoms with van der Waals surface area (Å²) >= 11 is 0. The number of benzene rings is 1. The molecular weight excluding hydrogens is 455 g/mol. The molecule has 0 spiro atoms. The third kappa shape index (κ3) is 6.46. The number of halogens is 1. The van der Waals surface area contributed by atoms with Gasteiger partial charge in [-0.1, -0.05) is 26.0 Å². The summed E-state index contributed by atoms with van der Waals surface area (Å²) < 4.78 is 15.2. The molecule has 10 nitrogen and oxygen atoms in total. The summed E-state index contributed by atoms with van der Waals surface area (Å²) in [6.07, 6.45) is 1.66. The summed E-state index contributed by atoms with van der Waals surface area (Å²) in [4.78, 5) is 26.2. The summed E-state index contributed by atoms with van der Waals surface area (Å²) in [6.45, 7) is 3.93. The van der Waals surface area contributed by atoms with Crippen LogP contribution in [-0.2, 0) is 11.8 Å². The summed E-state index contributed by atoms with van der Waals surface area (Å²) in [5, 5.41) is 33.1. The van der Waals surface area contributed by atoms with Crippen molar-refractivity contribution in [2.75, 3.05) is 11.9 Å². The van der Waals surface area contributed by atoms with E-state index in [0.29, 0.717) is 34.4 Å². The lowest BCUT2D eigenvalue weighted by molar-refractivity contribution is -0.139. The van der Waals surface area contributed by atoms with Gasteiger partial charge in [-0.05, 0) is 30.2 Å². The maximum absolute atomic E-state index is 13.6. The van der Waals surface area contributed by atoms with E-state index in [4.69, 9.17) is 15.1 Å². The number of aliphatic carboxylic acids is 1. The number of carboxylic acids is 1. The van der Waals surface area contributed by atoms with Crippen molar-refractivity contribution < 1.29 is 24.5 Å². The molecule has 0 aliphatic heterocycles. The maximum Gasteiger partial charge on any atom is 0.305 e. The topological polar surface area (TPSA) is 137 Å². The largest absolute Gasteiger partial charge is 0.481 e. The van der Waals surface area contributed by atoms with E-state index >= 15 is 0 Å². The van der Waals surface area contributed by atoms with Gasteiger partial charge in [0.05, 0.1) is 30.0 Å². The van der Waals surface area contributed by atoms with Gasteiger partial charge in [-0.2, -0.15) is 10.1 Å². The van der Waals surface area contributed by atoms with Gasteiger partial charge in [0.25, 0.3) is 0 Å². The molecular formula is C24H29FN6O4. The zero-order valence-corrected chi connectivity index (χ0v) is 20.0. The second kappa shape index (κ2) is 11.2. The van der Waals surface area contributed by atoms with Gasteiger partial charge in [-0.15, -0.1) is 0 Å². The standard InChI is InChI=1S/C24H29FN6O4/c1-14(2)21-19(10-9-17(32)11-18(33)12-20(34)35)22(15-5-7-16(25)8-6-15)29-23(28-21)30(3)24-26-13-27-31(24)4/h5-10,13-14,17-18,32-33H,11-12H2,1-4H3,(H,34,35). The molecule has 2 heterocycles. The fourth-order valence-electron chi connectivity index (χ4n) is 3.59. The number of aliphatic hydroxyl groups excluding tert-OH is 2. The highest BCUT2D eigenvalue weighted by atomic mass is 19.1. The SMILES string of the molecule is CC(C)c1nc(N(C)c2ncnn2C)nc(-c2ccc(F)cc2)c1C=CC(O)CC(O)CC(=O)O. The van der Waals surface area contributed by atoms with Crippen LogP contribution in [0.2, 0.25) is 0 Å². The first kappa shape index (κ1) is 25.9. The van der Waals surface area contributed by atoms with Crippen LogP contribution in [0.25, 0.3) is 17.3 Å². The van der Waals surface area contributed by atoms with Crippen LogP contribution in [0.3, 0.4) is 0 Å². The summed E-state index contributed by atoms with van der Waals surface area (Å²) in [6, 6.07) is 5.89. The Morgan fingerprint density at radius 2 is 1.89 bits per heavy atom. The monoisotopic (exact) mass is 484 g/mol. The highest BCUT2D eigenvalue weighted by molar-refractivity contribution is 5.75. The molecule has 35 heavy (non-hydrogen) atoms. The number of carbonyl (C=O) groups is 1. The number of nitrogens with zero attached hydrogens (tertiary/aromatic N) is 6. The van der Waals surface area contributed by atoms with Crippen molar-refractivity contribution >= 4 is 23.9 Å². The van der Waals surface area contributed by atoms with Gasteiger partial charge < -0.3 is 15.3 Å². The number of carboxylic acid groups (broad SMARTS) is 1. The maximum atomic E-state index is 13.6. The Kier molecular flexibility index (Phi) is 8.26. The molecule has 3 rings (SSSR count). The lowest BCUT2D eigenvalue weighted by Gasteiger charge is -2.21. The van der Waals surface area contributed by atoms with E-state index in [9.17, 15) is 19.4 Å². The van der Waals surface area contributed by atoms with E-state index in [0.717, 1.165) is 0 Å². The van der Waals surface area contributed by atoms with Gasteiger partial charge in [-0.25, -0.2) is 19.0 Å². The Morgan fingerprint density at radius 1 is 1.20 bits per heavy atom. The van der Waals surface area contributed by atoms with Crippen LogP contribution in [0.1, 0.15) is 43.9 Å². The molecule has 0 radical (unpaired) electrons. The lowest BCUT2D eigenvalue weighted by Crippen LogP contribution is -2.20. The van der Waals surface area contributed by atoms with E-state index in [1.165, 1.54) is 24.5 Å². The fourth-order valence-corrected chi connectivity index (χ4v) is 3.59. The van der Waals surface area contributed by atoms with Crippen LogP contribution in [0.15, 0.2) is 36.7 Å². The van der Waals surface area contributed by atoms with Crippen molar-refractivity contribution in [3.63, 3.8) is 0 Å². The number of rotatable bonds is 10. The molecule has 0 fully saturated rings. The van der Waals surface area contributed by atoms with Crippen molar-refractivity contribution in [1.29, 1.82) is 0 Å². The predicted octanol–water partition coefficient (Wildman–Crippen LogP) is 2.90. The number of aromatic nitrogens is 5. The first-order valence-corrected chi connectivity index (χ1v) is 11.1. The minimum absolute atomic E-state index is 0.0433. The van der Waals surface area contributed by atoms with Crippen LogP contribution in [0.5, 0.6) is 0 Å². The lowest BCUT2D eigenvalue weighted by atomic mass is 9.97. The zero-order chi connectivity index (χ0) is 25.7. The number of hydrogen-bond acceptors (Lipinski definition) is 8. The van der Waals surface area contributed by atoms with Crippen LogP contribution in [0.4, 0.5) is 16.3 Å². The van der Waals surface area contributed by atoms with Gasteiger partial charge in [0.1, 0.15) is 12.1 Å². The van der Waals surface area contributed by atoms with Crippen LogP contribution < -0.4 is 4.90 Å². The molecule has 2 unspecified atom stereocenters. The molecule has 0 aliphatic carbocycles. The Hall–Kier alpha value is -3.70. The van der Waals surface area contributed by atoms with Crippen LogP contribution in [0, 0.1) is 5.82 Å².